The van der Waals surface area contributed by atoms with E-state index in [0.717, 1.165) is 17.0 Å². The summed E-state index contributed by atoms with van der Waals surface area (Å²) in [5.74, 6) is -2.29. The molecule has 1 fully saturated rings. The number of hydrogen-bond donors (Lipinski definition) is 3. The van der Waals surface area contributed by atoms with Crippen LogP contribution < -0.4 is 14.4 Å². The van der Waals surface area contributed by atoms with Crippen LogP contribution in [0, 0.1) is 19.3 Å². The number of aromatic nitrogens is 1. The minimum absolute atomic E-state index is 0.0260. The third-order valence-electron chi connectivity index (χ3n) is 5.23. The molecule has 10 nitrogen and oxygen atoms in total. The summed E-state index contributed by atoms with van der Waals surface area (Å²) in [6.07, 6.45) is -4.34. The Hall–Kier alpha value is -3.23. The van der Waals surface area contributed by atoms with Gasteiger partial charge in [0.05, 0.1) is 11.2 Å². The molecular formula is C23H27F3N2O8S. The number of nitrogens with zero attached hydrogens (tertiary/aromatic N) is 1. The Morgan fingerprint density at radius 2 is 1.62 bits per heavy atom. The molecule has 14 heteroatoms. The molecule has 1 atom stereocenters. The molecule has 1 amide bonds. The summed E-state index contributed by atoms with van der Waals surface area (Å²) < 4.78 is 60.8. The highest BCUT2D eigenvalue weighted by Crippen LogP contribution is 2.32. The number of hydroxylamine groups is 1. The fourth-order valence-electron chi connectivity index (χ4n) is 3.44. The van der Waals surface area contributed by atoms with Crippen LogP contribution in [0.2, 0.25) is 0 Å². The number of carboxylic acid groups (broad SMARTS) is 1. The van der Waals surface area contributed by atoms with Gasteiger partial charge in [0.2, 0.25) is 11.1 Å². The van der Waals surface area contributed by atoms with Crippen molar-refractivity contribution in [3.8, 4) is 11.5 Å². The molecule has 37 heavy (non-hydrogen) atoms. The highest BCUT2D eigenvalue weighted by molar-refractivity contribution is 7.80. The zero-order valence-electron chi connectivity index (χ0n) is 20.0. The van der Waals surface area contributed by atoms with Gasteiger partial charge in [-0.1, -0.05) is 0 Å². The Morgan fingerprint density at radius 3 is 2.11 bits per heavy atom. The monoisotopic (exact) mass is 548 g/mol. The van der Waals surface area contributed by atoms with Crippen LogP contribution in [-0.4, -0.2) is 56.5 Å². The number of carbonyl (C=O) groups is 2. The molecule has 0 saturated carbocycles. The van der Waals surface area contributed by atoms with Crippen LogP contribution in [0.25, 0.3) is 0 Å². The van der Waals surface area contributed by atoms with Crippen LogP contribution >= 0.6 is 0 Å². The van der Waals surface area contributed by atoms with Gasteiger partial charge in [-0.25, -0.2) is 14.5 Å². The highest BCUT2D eigenvalue weighted by Gasteiger charge is 2.42. The number of pyridine rings is 1. The van der Waals surface area contributed by atoms with E-state index >= 15 is 0 Å². The standard InChI is InChI=1S/C21H26N2O6S.C2HF3O2/c1-15-11-17(12-16(2)22-15)13-28-18-3-5-19(6-4-18)29-30(26)14-21(20(24)23-25)7-9-27-10-8-21;3-2(4,5)1(6)7/h3-6,11-12,25H,7-10,13-14H2,1-2H3,(H,23,24);(H,6,7). The summed E-state index contributed by atoms with van der Waals surface area (Å²) in [7, 11) is 0. The van der Waals surface area contributed by atoms with Crippen LogP contribution in [0.1, 0.15) is 29.8 Å². The van der Waals surface area contributed by atoms with E-state index in [1.165, 1.54) is 0 Å². The molecule has 2 heterocycles. The lowest BCUT2D eigenvalue weighted by Crippen LogP contribution is -2.47. The number of aryl methyl sites for hydroxylation is 2. The lowest BCUT2D eigenvalue weighted by molar-refractivity contribution is -0.192. The van der Waals surface area contributed by atoms with E-state index in [-0.39, 0.29) is 5.75 Å². The molecule has 1 aliphatic rings. The van der Waals surface area contributed by atoms with Crippen LogP contribution in [0.4, 0.5) is 13.2 Å². The number of carbonyl (C=O) groups excluding carboxylic acids is 1. The van der Waals surface area contributed by atoms with Crippen molar-refractivity contribution in [2.45, 2.75) is 39.5 Å². The maximum Gasteiger partial charge on any atom is 0.490 e. The summed E-state index contributed by atoms with van der Waals surface area (Å²) in [4.78, 5) is 25.4. The van der Waals surface area contributed by atoms with E-state index < -0.39 is 34.5 Å². The minimum atomic E-state index is -5.08. The third-order valence-corrected chi connectivity index (χ3v) is 6.40. The Bertz CT molecular complexity index is 1070. The van der Waals surface area contributed by atoms with Gasteiger partial charge in [-0.15, -0.1) is 0 Å². The molecule has 0 aliphatic carbocycles. The normalized spacial score (nSPS) is 15.5. The van der Waals surface area contributed by atoms with Crippen molar-refractivity contribution >= 4 is 23.0 Å². The second-order valence-electron chi connectivity index (χ2n) is 8.19. The first-order valence-electron chi connectivity index (χ1n) is 10.9. The van der Waals surface area contributed by atoms with Gasteiger partial charge in [0.25, 0.3) is 5.91 Å². The second-order valence-corrected chi connectivity index (χ2v) is 9.25. The average molecular weight is 549 g/mol. The first-order chi connectivity index (χ1) is 17.3. The van der Waals surface area contributed by atoms with Gasteiger partial charge in [-0.05, 0) is 68.7 Å². The van der Waals surface area contributed by atoms with Crippen molar-refractivity contribution in [1.82, 2.24) is 10.5 Å². The van der Waals surface area contributed by atoms with Gasteiger partial charge in [0, 0.05) is 24.6 Å². The SMILES string of the molecule is Cc1cc(COc2ccc(OS(=O)CC3(C(=O)NO)CCOCC3)cc2)cc(C)n1.O=C(O)C(F)(F)F. The number of alkyl halides is 3. The van der Waals surface area contributed by atoms with Gasteiger partial charge in [0.1, 0.15) is 18.1 Å². The van der Waals surface area contributed by atoms with E-state index in [0.29, 0.717) is 44.2 Å². The number of aliphatic carboxylic acids is 1. The van der Waals surface area contributed by atoms with E-state index in [9.17, 15) is 22.2 Å². The van der Waals surface area contributed by atoms with Crippen molar-refractivity contribution < 1.29 is 50.9 Å². The Labute approximate surface area is 213 Å². The molecule has 2 aromatic rings. The van der Waals surface area contributed by atoms with Crippen LogP contribution in [0.5, 0.6) is 11.5 Å². The van der Waals surface area contributed by atoms with Crippen LogP contribution in [0.3, 0.4) is 0 Å². The van der Waals surface area contributed by atoms with Crippen molar-refractivity contribution in [2.75, 3.05) is 19.0 Å². The largest absolute Gasteiger partial charge is 0.490 e. The molecule has 1 aromatic heterocycles. The molecule has 1 aromatic carbocycles. The maximum absolute atomic E-state index is 12.5. The first-order valence-corrected chi connectivity index (χ1v) is 12.2. The molecular weight excluding hydrogens is 521 g/mol. The Balaban J connectivity index is 0.000000604. The summed E-state index contributed by atoms with van der Waals surface area (Å²) in [6, 6.07) is 10.7. The molecule has 0 spiro atoms. The summed E-state index contributed by atoms with van der Waals surface area (Å²) in [5.41, 5.74) is 3.63. The predicted octanol–water partition coefficient (Wildman–Crippen LogP) is 3.26. The van der Waals surface area contributed by atoms with Crippen molar-refractivity contribution in [3.63, 3.8) is 0 Å². The van der Waals surface area contributed by atoms with Crippen LogP contribution in [0.15, 0.2) is 36.4 Å². The second kappa shape index (κ2) is 13.4. The summed E-state index contributed by atoms with van der Waals surface area (Å²) >= 11 is -1.75. The van der Waals surface area contributed by atoms with Crippen LogP contribution in [-0.2, 0) is 32.0 Å². The van der Waals surface area contributed by atoms with E-state index in [2.05, 4.69) is 4.98 Å². The molecule has 3 rings (SSSR count). The van der Waals surface area contributed by atoms with Crippen molar-refractivity contribution in [1.29, 1.82) is 0 Å². The predicted molar refractivity (Wildman–Crippen MR) is 124 cm³/mol. The zero-order chi connectivity index (χ0) is 27.6. The minimum Gasteiger partial charge on any atom is -0.489 e. The number of amides is 1. The molecule has 1 unspecified atom stereocenters. The number of halogens is 3. The quantitative estimate of drug-likeness (QED) is 0.334. The third kappa shape index (κ3) is 9.63. The lowest BCUT2D eigenvalue weighted by atomic mass is 9.81. The Kier molecular flexibility index (Phi) is 10.8. The smallest absolute Gasteiger partial charge is 0.489 e. The average Bonchev–Trinajstić information content (AvgIpc) is 2.83. The number of nitrogens with one attached hydrogen (secondary N) is 1. The highest BCUT2D eigenvalue weighted by atomic mass is 32.2. The first kappa shape index (κ1) is 30.0. The van der Waals surface area contributed by atoms with E-state index in [1.54, 1.807) is 29.7 Å². The van der Waals surface area contributed by atoms with E-state index in [4.69, 9.17) is 28.8 Å². The fourth-order valence-corrected chi connectivity index (χ4v) is 4.70. The van der Waals surface area contributed by atoms with Gasteiger partial charge in [-0.2, -0.15) is 13.2 Å². The number of rotatable bonds is 8. The number of ether oxygens (including phenoxy) is 2. The molecule has 1 saturated heterocycles. The van der Waals surface area contributed by atoms with Gasteiger partial charge >= 0.3 is 12.1 Å². The summed E-state index contributed by atoms with van der Waals surface area (Å²) in [6.45, 7) is 5.03. The van der Waals surface area contributed by atoms with Crippen molar-refractivity contribution in [2.24, 2.45) is 5.41 Å². The number of hydrogen-bond acceptors (Lipinski definition) is 8. The fraction of sp³-hybridized carbons (Fsp3) is 0.435. The molecule has 0 bridgehead atoms. The van der Waals surface area contributed by atoms with E-state index in [1.807, 2.05) is 26.0 Å². The zero-order valence-corrected chi connectivity index (χ0v) is 20.9. The topological polar surface area (TPSA) is 144 Å². The summed E-state index contributed by atoms with van der Waals surface area (Å²) in [5, 5.41) is 16.2. The van der Waals surface area contributed by atoms with Gasteiger partial charge in [0.15, 0.2) is 0 Å². The molecule has 3 N–H and O–H groups in total. The van der Waals surface area contributed by atoms with Gasteiger partial charge in [-0.3, -0.25) is 15.0 Å². The number of carboxylic acids is 1. The van der Waals surface area contributed by atoms with Crippen molar-refractivity contribution in [3.05, 3.63) is 53.3 Å². The maximum atomic E-state index is 12.5. The number of benzene rings is 1. The van der Waals surface area contributed by atoms with Gasteiger partial charge < -0.3 is 18.8 Å². The lowest BCUT2D eigenvalue weighted by Gasteiger charge is -2.33. The molecule has 204 valence electrons. The molecule has 0 radical (unpaired) electrons. The Morgan fingerprint density at radius 1 is 1.11 bits per heavy atom. The molecule has 1 aliphatic heterocycles.